The number of carboxylic acid groups (broad SMARTS) is 1. The van der Waals surface area contributed by atoms with E-state index in [9.17, 15) is 19.5 Å². The van der Waals surface area contributed by atoms with Crippen molar-refractivity contribution in [1.29, 1.82) is 0 Å². The topological polar surface area (TPSA) is 105 Å². The second kappa shape index (κ2) is 9.36. The standard InChI is InChI=1S/C28H32N2O5/c1-28(15-25(31)32,18-11-12-18)30-26(33)17-10-13-19(14-17)29-27(34)35-16-24-22-8-4-2-6-20(22)21-7-3-5-9-23(21)24/h2-9,17-19,24H,10-16H2,1H3,(H,29,34)(H,30,33)(H,31,32)/t17-,19+,28?/m0/s1. The summed E-state index contributed by atoms with van der Waals surface area (Å²) in [6, 6.07) is 16.3. The Morgan fingerprint density at radius 3 is 2.20 bits per heavy atom. The molecule has 7 nitrogen and oxygen atoms in total. The number of carbonyl (C=O) groups excluding carboxylic acids is 2. The zero-order valence-electron chi connectivity index (χ0n) is 20.0. The summed E-state index contributed by atoms with van der Waals surface area (Å²) in [5.74, 6) is -1.03. The number of amides is 2. The Balaban J connectivity index is 1.14. The Morgan fingerprint density at radius 2 is 1.60 bits per heavy atom. The van der Waals surface area contributed by atoms with E-state index in [1.54, 1.807) is 0 Å². The third kappa shape index (κ3) is 4.90. The van der Waals surface area contributed by atoms with E-state index in [1.165, 1.54) is 22.3 Å². The number of benzene rings is 2. The van der Waals surface area contributed by atoms with Crippen molar-refractivity contribution in [3.63, 3.8) is 0 Å². The number of rotatable bonds is 8. The van der Waals surface area contributed by atoms with Crippen molar-refractivity contribution >= 4 is 18.0 Å². The maximum absolute atomic E-state index is 12.9. The first kappa shape index (κ1) is 23.4. The van der Waals surface area contributed by atoms with E-state index in [4.69, 9.17) is 4.74 Å². The lowest BCUT2D eigenvalue weighted by Gasteiger charge is -2.31. The highest BCUT2D eigenvalue weighted by atomic mass is 16.5. The van der Waals surface area contributed by atoms with Gasteiger partial charge in [0.05, 0.1) is 12.0 Å². The molecule has 7 heteroatoms. The molecular formula is C28H32N2O5. The lowest BCUT2D eigenvalue weighted by Crippen LogP contribution is -2.51. The van der Waals surface area contributed by atoms with Gasteiger partial charge in [0.2, 0.25) is 5.91 Å². The molecule has 1 unspecified atom stereocenters. The molecule has 0 aliphatic heterocycles. The predicted molar refractivity (Wildman–Crippen MR) is 131 cm³/mol. The minimum absolute atomic E-state index is 0.00425. The number of nitrogens with one attached hydrogen (secondary N) is 2. The van der Waals surface area contributed by atoms with Gasteiger partial charge in [-0.25, -0.2) is 4.79 Å². The lowest BCUT2D eigenvalue weighted by molar-refractivity contribution is -0.139. The largest absolute Gasteiger partial charge is 0.481 e. The molecule has 3 N–H and O–H groups in total. The van der Waals surface area contributed by atoms with Gasteiger partial charge >= 0.3 is 12.1 Å². The van der Waals surface area contributed by atoms with Gasteiger partial charge in [-0.15, -0.1) is 0 Å². The van der Waals surface area contributed by atoms with Crippen LogP contribution in [0, 0.1) is 11.8 Å². The summed E-state index contributed by atoms with van der Waals surface area (Å²) < 4.78 is 5.65. The Kier molecular flexibility index (Phi) is 6.26. The van der Waals surface area contributed by atoms with Crippen molar-refractivity contribution in [2.24, 2.45) is 11.8 Å². The van der Waals surface area contributed by atoms with Gasteiger partial charge in [-0.1, -0.05) is 48.5 Å². The number of ether oxygens (including phenoxy) is 1. The Labute approximate surface area is 205 Å². The fraction of sp³-hybridized carbons (Fsp3) is 0.464. The molecule has 0 heterocycles. The molecule has 35 heavy (non-hydrogen) atoms. The third-order valence-electron chi connectivity index (χ3n) is 7.87. The van der Waals surface area contributed by atoms with Crippen LogP contribution in [0.4, 0.5) is 4.79 Å². The maximum Gasteiger partial charge on any atom is 0.407 e. The van der Waals surface area contributed by atoms with Crippen LogP contribution in [0.2, 0.25) is 0 Å². The lowest BCUT2D eigenvalue weighted by atomic mass is 9.90. The molecule has 2 amide bonds. The molecule has 184 valence electrons. The molecule has 2 saturated carbocycles. The average molecular weight is 477 g/mol. The summed E-state index contributed by atoms with van der Waals surface area (Å²) >= 11 is 0. The molecule has 3 aliphatic carbocycles. The monoisotopic (exact) mass is 476 g/mol. The highest BCUT2D eigenvalue weighted by molar-refractivity contribution is 5.81. The van der Waals surface area contributed by atoms with Crippen LogP contribution in [0.3, 0.4) is 0 Å². The Bertz CT molecular complexity index is 1100. The average Bonchev–Trinajstić information content (AvgIpc) is 3.51. The number of aliphatic carboxylic acids is 1. The summed E-state index contributed by atoms with van der Waals surface area (Å²) in [6.45, 7) is 2.09. The number of carbonyl (C=O) groups is 3. The number of fused-ring (bicyclic) bond motifs is 3. The van der Waals surface area contributed by atoms with E-state index in [2.05, 4.69) is 34.9 Å². The van der Waals surface area contributed by atoms with Crippen molar-refractivity contribution in [1.82, 2.24) is 10.6 Å². The van der Waals surface area contributed by atoms with Gasteiger partial charge in [0.15, 0.2) is 0 Å². The summed E-state index contributed by atoms with van der Waals surface area (Å²) in [4.78, 5) is 36.8. The van der Waals surface area contributed by atoms with Crippen LogP contribution in [0.15, 0.2) is 48.5 Å². The molecule has 0 bridgehead atoms. The molecule has 0 spiro atoms. The first-order chi connectivity index (χ1) is 16.8. The number of alkyl carbamates (subject to hydrolysis) is 1. The zero-order chi connectivity index (χ0) is 24.6. The van der Waals surface area contributed by atoms with Crippen LogP contribution in [0.5, 0.6) is 0 Å². The van der Waals surface area contributed by atoms with Crippen LogP contribution in [-0.4, -0.2) is 41.3 Å². The van der Waals surface area contributed by atoms with Gasteiger partial charge in [-0.3, -0.25) is 9.59 Å². The van der Waals surface area contributed by atoms with Crippen LogP contribution in [0.25, 0.3) is 11.1 Å². The molecule has 2 fully saturated rings. The SMILES string of the molecule is CC(CC(=O)O)(NC(=O)[C@H]1CC[C@@H](NC(=O)OCC2c3ccccc3-c3ccccc32)C1)C1CC1. The molecule has 2 aromatic carbocycles. The maximum atomic E-state index is 12.9. The second-order valence-electron chi connectivity index (χ2n) is 10.4. The van der Waals surface area contributed by atoms with E-state index in [0.717, 1.165) is 12.8 Å². The summed E-state index contributed by atoms with van der Waals surface area (Å²) in [6.07, 6.45) is 3.24. The molecule has 0 saturated heterocycles. The van der Waals surface area contributed by atoms with Gasteiger partial charge in [-0.2, -0.15) is 0 Å². The zero-order valence-corrected chi connectivity index (χ0v) is 20.0. The van der Waals surface area contributed by atoms with E-state index < -0.39 is 17.6 Å². The van der Waals surface area contributed by atoms with Crippen molar-refractivity contribution in [2.75, 3.05) is 6.61 Å². The van der Waals surface area contributed by atoms with Crippen LogP contribution in [-0.2, 0) is 14.3 Å². The minimum atomic E-state index is -0.902. The van der Waals surface area contributed by atoms with Crippen LogP contribution >= 0.6 is 0 Å². The van der Waals surface area contributed by atoms with E-state index in [-0.39, 0.29) is 42.7 Å². The molecule has 3 aliphatic rings. The van der Waals surface area contributed by atoms with Crippen LogP contribution < -0.4 is 10.6 Å². The molecule has 5 rings (SSSR count). The van der Waals surface area contributed by atoms with Crippen LogP contribution in [0.1, 0.15) is 62.5 Å². The van der Waals surface area contributed by atoms with Crippen molar-refractivity contribution < 1.29 is 24.2 Å². The van der Waals surface area contributed by atoms with Crippen molar-refractivity contribution in [3.8, 4) is 11.1 Å². The number of hydrogen-bond donors (Lipinski definition) is 3. The van der Waals surface area contributed by atoms with Gasteiger partial charge in [0.25, 0.3) is 0 Å². The smallest absolute Gasteiger partial charge is 0.407 e. The van der Waals surface area contributed by atoms with Gasteiger partial charge in [-0.05, 0) is 67.2 Å². The van der Waals surface area contributed by atoms with Gasteiger partial charge in [0, 0.05) is 17.9 Å². The van der Waals surface area contributed by atoms with E-state index in [1.807, 2.05) is 31.2 Å². The van der Waals surface area contributed by atoms with Gasteiger partial charge in [0.1, 0.15) is 6.61 Å². The highest BCUT2D eigenvalue weighted by Crippen LogP contribution is 2.44. The highest BCUT2D eigenvalue weighted by Gasteiger charge is 2.45. The van der Waals surface area contributed by atoms with Crippen molar-refractivity contribution in [2.45, 2.75) is 62.9 Å². The third-order valence-corrected chi connectivity index (χ3v) is 7.87. The first-order valence-corrected chi connectivity index (χ1v) is 12.5. The van der Waals surface area contributed by atoms with Gasteiger partial charge < -0.3 is 20.5 Å². The second-order valence-corrected chi connectivity index (χ2v) is 10.4. The summed E-state index contributed by atoms with van der Waals surface area (Å²) in [5.41, 5.74) is 3.99. The van der Waals surface area contributed by atoms with E-state index >= 15 is 0 Å². The number of hydrogen-bond acceptors (Lipinski definition) is 4. The molecule has 0 radical (unpaired) electrons. The quantitative estimate of drug-likeness (QED) is 0.522. The van der Waals surface area contributed by atoms with E-state index in [0.29, 0.717) is 19.3 Å². The molecule has 2 aromatic rings. The first-order valence-electron chi connectivity index (χ1n) is 12.5. The summed E-state index contributed by atoms with van der Waals surface area (Å²) in [5, 5.41) is 15.2. The summed E-state index contributed by atoms with van der Waals surface area (Å²) in [7, 11) is 0. The predicted octanol–water partition coefficient (Wildman–Crippen LogP) is 4.45. The minimum Gasteiger partial charge on any atom is -0.481 e. The normalized spacial score (nSPS) is 22.5. The fourth-order valence-corrected chi connectivity index (χ4v) is 5.87. The Morgan fingerprint density at radius 1 is 0.971 bits per heavy atom. The fourth-order valence-electron chi connectivity index (χ4n) is 5.87. The number of carboxylic acids is 1. The molecule has 3 atom stereocenters. The van der Waals surface area contributed by atoms with Crippen molar-refractivity contribution in [3.05, 3.63) is 59.7 Å². The Hall–Kier alpha value is -3.35. The molecule has 0 aromatic heterocycles. The molecular weight excluding hydrogens is 444 g/mol.